The van der Waals surface area contributed by atoms with E-state index in [1.807, 2.05) is 147 Å². The molecule has 0 aliphatic heterocycles. The summed E-state index contributed by atoms with van der Waals surface area (Å²) < 4.78 is 0. The molecule has 8 N–H and O–H groups in total. The van der Waals surface area contributed by atoms with Crippen LogP contribution in [0.15, 0.2) is 256 Å². The molecule has 4 heterocycles. The van der Waals surface area contributed by atoms with Crippen LogP contribution in [0.1, 0.15) is 92.7 Å². The van der Waals surface area contributed by atoms with Crippen molar-refractivity contribution in [2.24, 2.45) is 0 Å². The van der Waals surface area contributed by atoms with Gasteiger partial charge in [-0.05, 0) is 123 Å². The Labute approximate surface area is 743 Å². The van der Waals surface area contributed by atoms with E-state index in [1.54, 1.807) is 68.0 Å². The predicted octanol–water partition coefficient (Wildman–Crippen LogP) is 16.8. The molecule has 0 spiro atoms. The molecule has 16 aromatic rings. The summed E-state index contributed by atoms with van der Waals surface area (Å²) >= 11 is 0. The van der Waals surface area contributed by atoms with E-state index in [1.165, 1.54) is 45.0 Å². The van der Waals surface area contributed by atoms with Crippen molar-refractivity contribution in [3.8, 4) is 68.3 Å². The van der Waals surface area contributed by atoms with E-state index in [4.69, 9.17) is 45.8 Å². The molecule has 8 atom stereocenters. The van der Waals surface area contributed by atoms with E-state index in [9.17, 15) is 0 Å². The van der Waals surface area contributed by atoms with Crippen LogP contribution < -0.4 is 0 Å². The number of nitrogens with zero attached hydrogens (tertiary/aromatic N) is 12. The van der Waals surface area contributed by atoms with Gasteiger partial charge in [0, 0.05) is 91.5 Å². The summed E-state index contributed by atoms with van der Waals surface area (Å²) in [4.78, 5) is 52.0. The van der Waals surface area contributed by atoms with E-state index in [-0.39, 0.29) is 129 Å². The summed E-state index contributed by atoms with van der Waals surface area (Å²) in [7, 11) is 0. The summed E-state index contributed by atoms with van der Waals surface area (Å²) in [6.45, 7) is 17.0. The van der Waals surface area contributed by atoms with Crippen molar-refractivity contribution in [2.45, 2.75) is 144 Å². The van der Waals surface area contributed by atoms with Crippen LogP contribution in [0.5, 0.6) is 0 Å². The fourth-order valence-electron chi connectivity index (χ4n) is 12.0. The molecule has 0 aliphatic rings. The maximum atomic E-state index is 8.56. The van der Waals surface area contributed by atoms with E-state index in [0.717, 1.165) is 77.3 Å². The van der Waals surface area contributed by atoms with Gasteiger partial charge in [-0.2, -0.15) is 0 Å². The molecule has 620 valence electrons. The minimum atomic E-state index is -0.375. The van der Waals surface area contributed by atoms with Crippen LogP contribution in [-0.4, -0.2) is 149 Å². The number of aliphatic hydroxyl groups excluding tert-OH is 8. The van der Waals surface area contributed by atoms with Gasteiger partial charge >= 0.3 is 0 Å². The van der Waals surface area contributed by atoms with Gasteiger partial charge in [0.2, 0.25) is 0 Å². The van der Waals surface area contributed by atoms with Crippen LogP contribution in [0.2, 0.25) is 0 Å². The summed E-state index contributed by atoms with van der Waals surface area (Å²) in [5.41, 5.74) is 5.57. The largest absolute Gasteiger partial charge is 0.393 e. The number of hydrogen-bond acceptors (Lipinski definition) is 20. The quantitative estimate of drug-likeness (QED) is 0.0469. The average molecular weight is 2290 g/mol. The summed E-state index contributed by atoms with van der Waals surface area (Å²) in [5.74, 6) is 5.40. The van der Waals surface area contributed by atoms with Gasteiger partial charge in [0.15, 0.2) is 11.6 Å². The Morgan fingerprint density at radius 3 is 0.983 bits per heavy atom. The number of aryl methyl sites for hydroxylation is 2. The topological polar surface area (TPSA) is 317 Å². The molecule has 8 unspecified atom stereocenters. The van der Waals surface area contributed by atoms with Crippen LogP contribution >= 0.6 is 0 Å². The fourth-order valence-corrected chi connectivity index (χ4v) is 12.0. The first-order valence-corrected chi connectivity index (χ1v) is 37.7. The predicted molar refractivity (Wildman–Crippen MR) is 454 cm³/mol. The molecular weight excluding hydrogens is 2190 g/mol. The van der Waals surface area contributed by atoms with Crippen molar-refractivity contribution in [3.05, 3.63) is 292 Å². The van der Waals surface area contributed by atoms with Gasteiger partial charge in [-0.3, -0.25) is 39.9 Å². The molecule has 20 nitrogen and oxygen atoms in total. The molecule has 4 radical (unpaired) electrons. The molecule has 0 saturated heterocycles. The zero-order valence-corrected chi connectivity index (χ0v) is 76.6. The third-order valence-electron chi connectivity index (χ3n) is 17.0. The van der Waals surface area contributed by atoms with Gasteiger partial charge in [-0.15, -0.1) is 105 Å². The van der Waals surface area contributed by atoms with Crippen molar-refractivity contribution in [3.63, 3.8) is 0 Å². The molecular formula is C94H96Ir4N12O8-4. The molecule has 4 aromatic heterocycles. The van der Waals surface area contributed by atoms with Gasteiger partial charge in [-0.1, -0.05) is 209 Å². The summed E-state index contributed by atoms with van der Waals surface area (Å²) in [5, 5.41) is 82.3. The first-order valence-electron chi connectivity index (χ1n) is 37.7. The zero-order chi connectivity index (χ0) is 81.5. The molecule has 24 heteroatoms. The van der Waals surface area contributed by atoms with Crippen LogP contribution in [0.3, 0.4) is 0 Å². The average Bonchev–Trinajstić information content (AvgIpc) is 0.818. The van der Waals surface area contributed by atoms with E-state index >= 15 is 0 Å². The van der Waals surface area contributed by atoms with Crippen LogP contribution in [-0.2, 0) is 80.4 Å². The van der Waals surface area contributed by atoms with Crippen LogP contribution in [0.25, 0.3) is 133 Å². The second-order valence-corrected chi connectivity index (χ2v) is 27.6. The summed E-state index contributed by atoms with van der Waals surface area (Å²) in [6.07, 6.45) is 5.10. The molecule has 0 bridgehead atoms. The number of aliphatic hydroxyl groups is 8. The SMILES string of the molecule is CC(O)CC(C)O.CC(O)CC(C)O.CC(O)CC(C)O.CC(O)CC(C)O.Cc1ncnc(-c2[c-]cc3ccccc3c2)n1.Cc1ncnc(-c2[c-]ccc3ccccc23)n1.[Ir].[Ir].[Ir].[Ir].[c-]1cc2ccccc2cc1-c1ncnc(-c2ccc3ccccc3c2)n1.[c-]1ccc2ccccc2c1-c1ncnc(-c2cccc3ccccc23)n1. The summed E-state index contributed by atoms with van der Waals surface area (Å²) in [6, 6.07) is 90.6. The Balaban J connectivity index is 0.000000253. The van der Waals surface area contributed by atoms with E-state index in [0.29, 0.717) is 60.6 Å². The Morgan fingerprint density at radius 1 is 0.263 bits per heavy atom. The molecule has 12 aromatic carbocycles. The van der Waals surface area contributed by atoms with Gasteiger partial charge in [0.1, 0.15) is 37.0 Å². The van der Waals surface area contributed by atoms with Crippen molar-refractivity contribution >= 4 is 64.6 Å². The number of benzene rings is 12. The minimum absolute atomic E-state index is 0. The van der Waals surface area contributed by atoms with Gasteiger partial charge in [0.25, 0.3) is 0 Å². The standard InChI is InChI=1S/2C23H14N3.2C14H10N3.4C5H12O2.4Ir/c1-3-11-18-16(7-1)9-5-13-20(18)22-24-15-25-23(26-22)21-14-6-10-17-8-2-4-12-19(17)21;1-3-7-18-13-20(11-9-16(18)5-1)22-24-15-25-23(26-22)21-12-10-17-6-2-4-8-19(17)14-21;1-10-15-9-16-14(17-10)13-8-4-6-11-5-2-3-7-12(11)13;1-10-15-9-16-14(17-10)13-7-6-11-4-2-3-5-12(11)8-13;4*1-4(6)3-5(2)7;;;;/h1-13,15H;1-11,13-15H;2-7,9H,1H3;2-6,8-9H,1H3;4*4-7H,3H2,1-2H3;;;;/q4*-1;;;;;;;;. The molecule has 0 saturated carbocycles. The second kappa shape index (κ2) is 51.1. The van der Waals surface area contributed by atoms with Crippen LogP contribution in [0, 0.1) is 38.1 Å². The Bertz CT molecular complexity index is 5400. The third kappa shape index (κ3) is 31.7. The van der Waals surface area contributed by atoms with E-state index < -0.39 is 0 Å². The van der Waals surface area contributed by atoms with Crippen molar-refractivity contribution in [1.29, 1.82) is 0 Å². The van der Waals surface area contributed by atoms with E-state index in [2.05, 4.69) is 176 Å². The van der Waals surface area contributed by atoms with Gasteiger partial charge < -0.3 is 40.9 Å². The minimum Gasteiger partial charge on any atom is -0.393 e. The molecule has 0 aliphatic carbocycles. The molecule has 0 fully saturated rings. The first kappa shape index (κ1) is 99.1. The first-order chi connectivity index (χ1) is 54.9. The molecule has 16 rings (SSSR count). The number of aromatic nitrogens is 12. The maximum Gasteiger partial charge on any atom is 0.154 e. The normalized spacial score (nSPS) is 12.4. The fraction of sp³-hybridized carbons (Fsp3) is 0.234. The number of fused-ring (bicyclic) bond motifs is 6. The monoisotopic (exact) mass is 2290 g/mol. The molecule has 0 amide bonds. The molecule has 118 heavy (non-hydrogen) atoms. The van der Waals surface area contributed by atoms with Crippen molar-refractivity contribution in [2.75, 3.05) is 0 Å². The smallest absolute Gasteiger partial charge is 0.154 e. The third-order valence-corrected chi connectivity index (χ3v) is 17.0. The van der Waals surface area contributed by atoms with Gasteiger partial charge in [0.05, 0.1) is 72.1 Å². The Kier molecular flexibility index (Phi) is 42.9. The second-order valence-electron chi connectivity index (χ2n) is 27.6. The van der Waals surface area contributed by atoms with Crippen molar-refractivity contribution < 1.29 is 121 Å². The van der Waals surface area contributed by atoms with Crippen molar-refractivity contribution in [1.82, 2.24) is 59.8 Å². The Hall–Kier alpha value is -9.48. The number of rotatable bonds is 14. The zero-order valence-electron chi connectivity index (χ0n) is 67.0. The number of hydrogen-bond donors (Lipinski definition) is 8. The Morgan fingerprint density at radius 2 is 0.568 bits per heavy atom. The maximum absolute atomic E-state index is 8.56. The van der Waals surface area contributed by atoms with Crippen LogP contribution in [0.4, 0.5) is 0 Å². The van der Waals surface area contributed by atoms with Gasteiger partial charge in [-0.25, -0.2) is 19.9 Å².